The molecular weight excluding hydrogens is 205 g/mol. The molecule has 1 saturated carbocycles. The first-order valence-corrected chi connectivity index (χ1v) is 5.13. The molecule has 13 heavy (non-hydrogen) atoms. The fourth-order valence-electron chi connectivity index (χ4n) is 1.70. The highest BCUT2D eigenvalue weighted by Crippen LogP contribution is 2.49. The van der Waals surface area contributed by atoms with Crippen molar-refractivity contribution in [3.63, 3.8) is 0 Å². The van der Waals surface area contributed by atoms with Crippen LogP contribution in [0, 0.1) is 5.92 Å². The van der Waals surface area contributed by atoms with Crippen molar-refractivity contribution in [2.75, 3.05) is 6.54 Å². The molecule has 2 N–H and O–H groups in total. The van der Waals surface area contributed by atoms with Crippen LogP contribution in [0.3, 0.4) is 0 Å². The molecule has 70 valence electrons. The lowest BCUT2D eigenvalue weighted by Crippen LogP contribution is -2.02. The summed E-state index contributed by atoms with van der Waals surface area (Å²) in [5.41, 5.74) is 6.73. The van der Waals surface area contributed by atoms with Crippen LogP contribution in [0.15, 0.2) is 18.2 Å². The Kier molecular flexibility index (Phi) is 2.50. The highest BCUT2D eigenvalue weighted by molar-refractivity contribution is 6.42. The van der Waals surface area contributed by atoms with Crippen molar-refractivity contribution >= 4 is 23.2 Å². The van der Waals surface area contributed by atoms with Crippen LogP contribution in [-0.4, -0.2) is 6.54 Å². The van der Waals surface area contributed by atoms with Crippen LogP contribution in [0.25, 0.3) is 0 Å². The summed E-state index contributed by atoms with van der Waals surface area (Å²) in [5, 5.41) is 1.34. The minimum atomic E-state index is 0.538. The predicted molar refractivity (Wildman–Crippen MR) is 56.4 cm³/mol. The Balaban J connectivity index is 2.27. The van der Waals surface area contributed by atoms with Crippen molar-refractivity contribution < 1.29 is 0 Å². The Morgan fingerprint density at radius 1 is 1.38 bits per heavy atom. The molecule has 1 aromatic rings. The van der Waals surface area contributed by atoms with E-state index in [-0.39, 0.29) is 0 Å². The number of hydrogen-bond donors (Lipinski definition) is 1. The highest BCUT2D eigenvalue weighted by Gasteiger charge is 2.38. The molecule has 0 saturated heterocycles. The third-order valence-corrected chi connectivity index (χ3v) is 3.44. The quantitative estimate of drug-likeness (QED) is 0.807. The van der Waals surface area contributed by atoms with Gasteiger partial charge in [0.1, 0.15) is 0 Å². The second kappa shape index (κ2) is 3.49. The van der Waals surface area contributed by atoms with E-state index >= 15 is 0 Å². The Morgan fingerprint density at radius 2 is 2.15 bits per heavy atom. The van der Waals surface area contributed by atoms with Gasteiger partial charge in [-0.1, -0.05) is 35.3 Å². The first kappa shape index (κ1) is 9.32. The minimum absolute atomic E-state index is 0.538. The van der Waals surface area contributed by atoms with Crippen LogP contribution in [-0.2, 0) is 0 Å². The summed E-state index contributed by atoms with van der Waals surface area (Å²) < 4.78 is 0. The number of hydrogen-bond acceptors (Lipinski definition) is 1. The van der Waals surface area contributed by atoms with E-state index in [2.05, 4.69) is 0 Å². The van der Waals surface area contributed by atoms with Gasteiger partial charge in [-0.2, -0.15) is 0 Å². The fourth-order valence-corrected chi connectivity index (χ4v) is 2.14. The molecule has 0 bridgehead atoms. The fraction of sp³-hybridized carbons (Fsp3) is 0.400. The van der Waals surface area contributed by atoms with E-state index < -0.39 is 0 Å². The zero-order valence-electron chi connectivity index (χ0n) is 7.13. The lowest BCUT2D eigenvalue weighted by atomic mass is 10.1. The number of benzene rings is 1. The summed E-state index contributed by atoms with van der Waals surface area (Å²) in [7, 11) is 0. The van der Waals surface area contributed by atoms with Gasteiger partial charge in [0.25, 0.3) is 0 Å². The molecule has 1 aromatic carbocycles. The van der Waals surface area contributed by atoms with Crippen molar-refractivity contribution in [3.8, 4) is 0 Å². The van der Waals surface area contributed by atoms with Gasteiger partial charge in [-0.15, -0.1) is 0 Å². The normalized spacial score (nSPS) is 26.1. The smallest absolute Gasteiger partial charge is 0.0627 e. The molecule has 0 spiro atoms. The van der Waals surface area contributed by atoms with Gasteiger partial charge in [0.15, 0.2) is 0 Å². The molecule has 1 fully saturated rings. The molecule has 0 heterocycles. The molecule has 1 aliphatic rings. The van der Waals surface area contributed by atoms with Crippen LogP contribution in [0.5, 0.6) is 0 Å². The Morgan fingerprint density at radius 3 is 2.77 bits per heavy atom. The van der Waals surface area contributed by atoms with Gasteiger partial charge in [-0.25, -0.2) is 0 Å². The van der Waals surface area contributed by atoms with E-state index in [9.17, 15) is 0 Å². The Bertz CT molecular complexity index is 325. The molecular formula is C10H11Cl2N. The lowest BCUT2D eigenvalue weighted by molar-refractivity contribution is 0.810. The van der Waals surface area contributed by atoms with Crippen LogP contribution in [0.4, 0.5) is 0 Å². The van der Waals surface area contributed by atoms with Crippen LogP contribution < -0.4 is 5.73 Å². The van der Waals surface area contributed by atoms with Crippen LogP contribution in [0.2, 0.25) is 10.0 Å². The van der Waals surface area contributed by atoms with Crippen LogP contribution in [0.1, 0.15) is 17.9 Å². The second-order valence-electron chi connectivity index (χ2n) is 3.48. The van der Waals surface area contributed by atoms with Gasteiger partial charge in [0, 0.05) is 0 Å². The molecule has 1 nitrogen and oxygen atoms in total. The predicted octanol–water partition coefficient (Wildman–Crippen LogP) is 3.06. The maximum absolute atomic E-state index is 6.08. The maximum atomic E-state index is 6.08. The van der Waals surface area contributed by atoms with E-state index in [1.54, 1.807) is 0 Å². The molecule has 0 unspecified atom stereocenters. The largest absolute Gasteiger partial charge is 0.330 e. The van der Waals surface area contributed by atoms with Crippen molar-refractivity contribution in [2.45, 2.75) is 12.3 Å². The molecule has 0 amide bonds. The summed E-state index contributed by atoms with van der Waals surface area (Å²) in [6, 6.07) is 5.79. The molecule has 0 aromatic heterocycles. The van der Waals surface area contributed by atoms with E-state index in [1.807, 2.05) is 18.2 Å². The average molecular weight is 216 g/mol. The second-order valence-corrected chi connectivity index (χ2v) is 4.27. The third kappa shape index (κ3) is 1.69. The van der Waals surface area contributed by atoms with E-state index in [4.69, 9.17) is 28.9 Å². The van der Waals surface area contributed by atoms with Crippen molar-refractivity contribution in [2.24, 2.45) is 11.7 Å². The first-order valence-electron chi connectivity index (χ1n) is 4.38. The number of halogens is 2. The van der Waals surface area contributed by atoms with Gasteiger partial charge in [0.2, 0.25) is 0 Å². The molecule has 2 rings (SSSR count). The molecule has 2 atom stereocenters. The number of nitrogens with two attached hydrogens (primary N) is 1. The summed E-state index contributed by atoms with van der Waals surface area (Å²) >= 11 is 12.0. The lowest BCUT2D eigenvalue weighted by Gasteiger charge is -2.03. The molecule has 0 aliphatic heterocycles. The third-order valence-electron chi connectivity index (χ3n) is 2.61. The minimum Gasteiger partial charge on any atom is -0.330 e. The van der Waals surface area contributed by atoms with Gasteiger partial charge in [-0.05, 0) is 36.4 Å². The van der Waals surface area contributed by atoms with E-state index in [0.717, 1.165) is 18.5 Å². The first-order chi connectivity index (χ1) is 6.24. The Hall–Kier alpha value is -0.240. The molecule has 1 aliphatic carbocycles. The van der Waals surface area contributed by atoms with E-state index in [0.29, 0.717) is 21.9 Å². The number of rotatable bonds is 2. The Labute approximate surface area is 87.8 Å². The van der Waals surface area contributed by atoms with Crippen molar-refractivity contribution in [3.05, 3.63) is 33.8 Å². The molecule has 0 radical (unpaired) electrons. The standard InChI is InChI=1S/C10H11Cl2N/c11-9-3-1-2-7(10(9)12)8-4-6(8)5-13/h1-3,6,8H,4-5,13H2/t6-,8-/m0/s1. The highest BCUT2D eigenvalue weighted by atomic mass is 35.5. The van der Waals surface area contributed by atoms with E-state index in [1.165, 1.54) is 0 Å². The summed E-state index contributed by atoms with van der Waals surface area (Å²) in [6.45, 7) is 0.744. The zero-order valence-corrected chi connectivity index (χ0v) is 8.65. The zero-order chi connectivity index (χ0) is 9.42. The summed E-state index contributed by atoms with van der Waals surface area (Å²) in [5.74, 6) is 1.15. The average Bonchev–Trinajstić information content (AvgIpc) is 2.89. The van der Waals surface area contributed by atoms with Crippen LogP contribution >= 0.6 is 23.2 Å². The van der Waals surface area contributed by atoms with Gasteiger partial charge < -0.3 is 5.73 Å². The topological polar surface area (TPSA) is 26.0 Å². The maximum Gasteiger partial charge on any atom is 0.0627 e. The monoisotopic (exact) mass is 215 g/mol. The SMILES string of the molecule is NC[C@@H]1C[C@@H]1c1cccc(Cl)c1Cl. The summed E-state index contributed by atoms with van der Waals surface area (Å²) in [6.07, 6.45) is 1.15. The van der Waals surface area contributed by atoms with Crippen molar-refractivity contribution in [1.82, 2.24) is 0 Å². The summed E-state index contributed by atoms with van der Waals surface area (Å²) in [4.78, 5) is 0. The van der Waals surface area contributed by atoms with Gasteiger partial charge >= 0.3 is 0 Å². The van der Waals surface area contributed by atoms with Crippen molar-refractivity contribution in [1.29, 1.82) is 0 Å². The molecule has 3 heteroatoms. The van der Waals surface area contributed by atoms with Gasteiger partial charge in [0.05, 0.1) is 10.0 Å². The van der Waals surface area contributed by atoms with Gasteiger partial charge in [-0.3, -0.25) is 0 Å².